The van der Waals surface area contributed by atoms with E-state index in [4.69, 9.17) is 0 Å². The van der Waals surface area contributed by atoms with Crippen LogP contribution in [0.1, 0.15) is 30.4 Å². The fourth-order valence-electron chi connectivity index (χ4n) is 2.31. The van der Waals surface area contributed by atoms with E-state index >= 15 is 0 Å². The molecule has 2 heterocycles. The third-order valence-electron chi connectivity index (χ3n) is 3.71. The number of nitrogens with zero attached hydrogens (tertiary/aromatic N) is 4. The molecule has 0 aliphatic rings. The Bertz CT molecular complexity index is 579. The van der Waals surface area contributed by atoms with Gasteiger partial charge >= 0.3 is 0 Å². The second-order valence-corrected chi connectivity index (χ2v) is 6.47. The number of aromatic nitrogens is 3. The normalized spacial score (nSPS) is 13.3. The molecule has 0 aliphatic heterocycles. The van der Waals surface area contributed by atoms with E-state index in [1.54, 1.807) is 0 Å². The number of thioether (sulfide) groups is 1. The van der Waals surface area contributed by atoms with Gasteiger partial charge in [0.15, 0.2) is 0 Å². The molecule has 0 unspecified atom stereocenters. The molecule has 5 heteroatoms. The van der Waals surface area contributed by atoms with Crippen LogP contribution in [0.15, 0.2) is 12.3 Å². The average Bonchev–Trinajstić information content (AvgIpc) is 2.78. The zero-order valence-corrected chi connectivity index (χ0v) is 13.9. The predicted octanol–water partition coefficient (Wildman–Crippen LogP) is 2.92. The van der Waals surface area contributed by atoms with Gasteiger partial charge in [0, 0.05) is 30.2 Å². The second-order valence-electron chi connectivity index (χ2n) is 5.49. The Hall–Kier alpha value is -1.07. The van der Waals surface area contributed by atoms with Crippen molar-refractivity contribution in [3.8, 4) is 0 Å². The first-order valence-corrected chi connectivity index (χ1v) is 8.42. The molecule has 2 rings (SSSR count). The monoisotopic (exact) mass is 292 g/mol. The molecule has 0 bridgehead atoms. The molecular weight excluding hydrogens is 268 g/mol. The summed E-state index contributed by atoms with van der Waals surface area (Å²) >= 11 is 1.90. The maximum Gasteiger partial charge on any atom is 0.234 e. The Morgan fingerprint density at radius 3 is 2.80 bits per heavy atom. The van der Waals surface area contributed by atoms with E-state index in [0.717, 1.165) is 23.7 Å². The van der Waals surface area contributed by atoms with Gasteiger partial charge in [-0.1, -0.05) is 0 Å². The molecule has 2 aromatic heterocycles. The molecule has 0 spiro atoms. The first kappa shape index (κ1) is 15.3. The molecule has 0 aliphatic carbocycles. The summed E-state index contributed by atoms with van der Waals surface area (Å²) < 4.78 is 2.07. The van der Waals surface area contributed by atoms with Crippen LogP contribution in [-0.2, 0) is 6.54 Å². The Balaban J connectivity index is 2.12. The SMILES string of the molecule is CSCC[C@H](C)N(C)Cc1cn2c(C)cc(C)nc2n1. The standard InChI is InChI=1S/C15H24N4S/c1-11-8-13(3)19-10-14(17-15(19)16-11)9-18(4)12(2)6-7-20-5/h8,10,12H,6-7,9H2,1-5H3/t12-/m0/s1. The summed E-state index contributed by atoms with van der Waals surface area (Å²) in [6.45, 7) is 7.26. The van der Waals surface area contributed by atoms with Crippen molar-refractivity contribution in [1.29, 1.82) is 0 Å². The van der Waals surface area contributed by atoms with Crippen molar-refractivity contribution in [2.45, 2.75) is 39.8 Å². The highest BCUT2D eigenvalue weighted by atomic mass is 32.2. The van der Waals surface area contributed by atoms with Crippen molar-refractivity contribution < 1.29 is 0 Å². The molecule has 0 fully saturated rings. The van der Waals surface area contributed by atoms with Crippen LogP contribution < -0.4 is 0 Å². The number of hydrogen-bond donors (Lipinski definition) is 0. The average molecular weight is 292 g/mol. The van der Waals surface area contributed by atoms with Crippen LogP contribution in [-0.4, -0.2) is 44.4 Å². The first-order valence-electron chi connectivity index (χ1n) is 7.02. The second kappa shape index (κ2) is 6.59. The van der Waals surface area contributed by atoms with E-state index in [1.165, 1.54) is 17.9 Å². The van der Waals surface area contributed by atoms with Gasteiger partial charge < -0.3 is 0 Å². The van der Waals surface area contributed by atoms with Crippen LogP contribution in [0.3, 0.4) is 0 Å². The zero-order chi connectivity index (χ0) is 14.7. The van der Waals surface area contributed by atoms with E-state index in [9.17, 15) is 0 Å². The van der Waals surface area contributed by atoms with Gasteiger partial charge in [0.1, 0.15) is 0 Å². The lowest BCUT2D eigenvalue weighted by Gasteiger charge is -2.23. The zero-order valence-electron chi connectivity index (χ0n) is 13.1. The third-order valence-corrected chi connectivity index (χ3v) is 4.36. The van der Waals surface area contributed by atoms with Gasteiger partial charge in [0.05, 0.1) is 5.69 Å². The summed E-state index contributed by atoms with van der Waals surface area (Å²) in [6, 6.07) is 2.66. The minimum Gasteiger partial charge on any atom is -0.298 e. The molecule has 1 atom stereocenters. The van der Waals surface area contributed by atoms with E-state index in [0.29, 0.717) is 6.04 Å². The Labute approximate surface area is 125 Å². The molecule has 0 saturated heterocycles. The fourth-order valence-corrected chi connectivity index (χ4v) is 2.89. The highest BCUT2D eigenvalue weighted by Crippen LogP contribution is 2.12. The van der Waals surface area contributed by atoms with Crippen LogP contribution in [0.2, 0.25) is 0 Å². The summed E-state index contributed by atoms with van der Waals surface area (Å²) in [5, 5.41) is 0. The Kier molecular flexibility index (Phi) is 5.05. The molecule has 0 aromatic carbocycles. The smallest absolute Gasteiger partial charge is 0.234 e. The molecule has 0 radical (unpaired) electrons. The van der Waals surface area contributed by atoms with Gasteiger partial charge in [-0.3, -0.25) is 9.30 Å². The fraction of sp³-hybridized carbons (Fsp3) is 0.600. The van der Waals surface area contributed by atoms with E-state index in [1.807, 2.05) is 18.7 Å². The van der Waals surface area contributed by atoms with E-state index < -0.39 is 0 Å². The summed E-state index contributed by atoms with van der Waals surface area (Å²) in [5.74, 6) is 2.01. The number of rotatable bonds is 6. The number of aryl methyl sites for hydroxylation is 2. The number of imidazole rings is 1. The highest BCUT2D eigenvalue weighted by Gasteiger charge is 2.12. The minimum absolute atomic E-state index is 0.572. The molecular formula is C15H24N4S. The lowest BCUT2D eigenvalue weighted by atomic mass is 10.2. The van der Waals surface area contributed by atoms with Crippen molar-refractivity contribution in [3.63, 3.8) is 0 Å². The van der Waals surface area contributed by atoms with Crippen LogP contribution in [0, 0.1) is 13.8 Å². The van der Waals surface area contributed by atoms with Crippen molar-refractivity contribution in [2.75, 3.05) is 19.1 Å². The molecule has 4 nitrogen and oxygen atoms in total. The van der Waals surface area contributed by atoms with Crippen molar-refractivity contribution in [2.24, 2.45) is 0 Å². The summed E-state index contributed by atoms with van der Waals surface area (Å²) in [5.41, 5.74) is 3.29. The van der Waals surface area contributed by atoms with E-state index in [-0.39, 0.29) is 0 Å². The molecule has 110 valence electrons. The summed E-state index contributed by atoms with van der Waals surface area (Å²) in [6.07, 6.45) is 5.47. The first-order chi connectivity index (χ1) is 9.51. The van der Waals surface area contributed by atoms with E-state index in [2.05, 4.69) is 58.7 Å². The summed E-state index contributed by atoms with van der Waals surface area (Å²) in [4.78, 5) is 11.5. The number of hydrogen-bond acceptors (Lipinski definition) is 4. The molecule has 0 saturated carbocycles. The summed E-state index contributed by atoms with van der Waals surface area (Å²) in [7, 11) is 2.17. The van der Waals surface area contributed by atoms with Crippen molar-refractivity contribution >= 4 is 17.5 Å². The maximum absolute atomic E-state index is 4.64. The van der Waals surface area contributed by atoms with Crippen LogP contribution in [0.25, 0.3) is 5.78 Å². The van der Waals surface area contributed by atoms with Crippen LogP contribution in [0.4, 0.5) is 0 Å². The Morgan fingerprint density at radius 2 is 2.10 bits per heavy atom. The minimum atomic E-state index is 0.572. The van der Waals surface area contributed by atoms with Crippen molar-refractivity contribution in [3.05, 3.63) is 29.3 Å². The van der Waals surface area contributed by atoms with Crippen LogP contribution in [0.5, 0.6) is 0 Å². The third kappa shape index (κ3) is 3.52. The number of fused-ring (bicyclic) bond motifs is 1. The maximum atomic E-state index is 4.64. The largest absolute Gasteiger partial charge is 0.298 e. The van der Waals surface area contributed by atoms with Crippen LogP contribution >= 0.6 is 11.8 Å². The predicted molar refractivity (Wildman–Crippen MR) is 86.4 cm³/mol. The topological polar surface area (TPSA) is 33.4 Å². The van der Waals surface area contributed by atoms with Gasteiger partial charge in [0.2, 0.25) is 5.78 Å². The van der Waals surface area contributed by atoms with Gasteiger partial charge in [0.25, 0.3) is 0 Å². The van der Waals surface area contributed by atoms with Gasteiger partial charge in [-0.15, -0.1) is 0 Å². The van der Waals surface area contributed by atoms with Gasteiger partial charge in [-0.05, 0) is 52.3 Å². The lowest BCUT2D eigenvalue weighted by molar-refractivity contribution is 0.242. The van der Waals surface area contributed by atoms with Gasteiger partial charge in [-0.2, -0.15) is 11.8 Å². The lowest BCUT2D eigenvalue weighted by Crippen LogP contribution is -2.29. The van der Waals surface area contributed by atoms with Gasteiger partial charge in [-0.25, -0.2) is 9.97 Å². The molecule has 0 N–H and O–H groups in total. The highest BCUT2D eigenvalue weighted by molar-refractivity contribution is 7.98. The quantitative estimate of drug-likeness (QED) is 0.819. The van der Waals surface area contributed by atoms with Crippen molar-refractivity contribution in [1.82, 2.24) is 19.3 Å². The molecule has 20 heavy (non-hydrogen) atoms. The molecule has 0 amide bonds. The Morgan fingerprint density at radius 1 is 1.35 bits per heavy atom. The molecule has 2 aromatic rings.